The van der Waals surface area contributed by atoms with Gasteiger partial charge in [0.2, 0.25) is 0 Å². The van der Waals surface area contributed by atoms with Gasteiger partial charge in [0.1, 0.15) is 6.04 Å². The van der Waals surface area contributed by atoms with Crippen LogP contribution in [0.4, 0.5) is 0 Å². The van der Waals surface area contributed by atoms with Crippen molar-refractivity contribution in [2.45, 2.75) is 19.4 Å². The molecule has 0 aromatic heterocycles. The Bertz CT molecular complexity index is 285. The molecule has 0 saturated carbocycles. The van der Waals surface area contributed by atoms with Crippen molar-refractivity contribution in [2.24, 2.45) is 0 Å². The van der Waals surface area contributed by atoms with Gasteiger partial charge in [-0.3, -0.25) is 0 Å². The fourth-order valence-electron chi connectivity index (χ4n) is 1.46. The van der Waals surface area contributed by atoms with Crippen molar-refractivity contribution < 1.29 is 19.1 Å². The molecule has 1 heterocycles. The SMILES string of the molecule is CCOC(=O)C1NCCC1=CC(=O)OC. The first-order chi connectivity index (χ1) is 7.19. The molecule has 1 aliphatic heterocycles. The van der Waals surface area contributed by atoms with E-state index in [-0.39, 0.29) is 5.97 Å². The van der Waals surface area contributed by atoms with E-state index in [4.69, 9.17) is 4.74 Å². The summed E-state index contributed by atoms with van der Waals surface area (Å²) in [6, 6.07) is -0.496. The molecule has 1 unspecified atom stereocenters. The predicted octanol–water partition coefficient (Wildman–Crippen LogP) is 0.0108. The summed E-state index contributed by atoms with van der Waals surface area (Å²) in [5.41, 5.74) is 0.723. The van der Waals surface area contributed by atoms with E-state index < -0.39 is 12.0 Å². The van der Waals surface area contributed by atoms with Crippen molar-refractivity contribution in [2.75, 3.05) is 20.3 Å². The van der Waals surface area contributed by atoms with Gasteiger partial charge in [0.25, 0.3) is 0 Å². The third-order valence-corrected chi connectivity index (χ3v) is 2.16. The average Bonchev–Trinajstić information content (AvgIpc) is 2.66. The topological polar surface area (TPSA) is 64.6 Å². The lowest BCUT2D eigenvalue weighted by atomic mass is 10.1. The zero-order valence-corrected chi connectivity index (χ0v) is 8.91. The van der Waals surface area contributed by atoms with E-state index in [1.165, 1.54) is 13.2 Å². The molecule has 0 aromatic carbocycles. The van der Waals surface area contributed by atoms with Crippen molar-refractivity contribution in [1.29, 1.82) is 0 Å². The van der Waals surface area contributed by atoms with Crippen molar-refractivity contribution in [3.05, 3.63) is 11.6 Å². The maximum atomic E-state index is 11.4. The van der Waals surface area contributed by atoms with Gasteiger partial charge in [-0.25, -0.2) is 9.59 Å². The molecule has 5 heteroatoms. The summed E-state index contributed by atoms with van der Waals surface area (Å²) in [4.78, 5) is 22.5. The Morgan fingerprint density at radius 2 is 2.33 bits per heavy atom. The normalized spacial score (nSPS) is 22.8. The third kappa shape index (κ3) is 3.06. The van der Waals surface area contributed by atoms with E-state index >= 15 is 0 Å². The molecule has 5 nitrogen and oxygen atoms in total. The van der Waals surface area contributed by atoms with Crippen molar-refractivity contribution in [1.82, 2.24) is 5.32 Å². The van der Waals surface area contributed by atoms with Gasteiger partial charge in [0.15, 0.2) is 0 Å². The van der Waals surface area contributed by atoms with Gasteiger partial charge < -0.3 is 14.8 Å². The zero-order chi connectivity index (χ0) is 11.3. The highest BCUT2D eigenvalue weighted by Crippen LogP contribution is 2.15. The van der Waals surface area contributed by atoms with Crippen LogP contribution in [0, 0.1) is 0 Å². The molecule has 15 heavy (non-hydrogen) atoms. The van der Waals surface area contributed by atoms with E-state index in [0.717, 1.165) is 5.57 Å². The van der Waals surface area contributed by atoms with Crippen molar-refractivity contribution in [3.63, 3.8) is 0 Å². The minimum Gasteiger partial charge on any atom is -0.466 e. The number of rotatable bonds is 3. The summed E-state index contributed by atoms with van der Waals surface area (Å²) in [7, 11) is 1.31. The zero-order valence-electron chi connectivity index (χ0n) is 8.91. The maximum Gasteiger partial charge on any atom is 0.330 e. The molecule has 0 aromatic rings. The molecule has 0 radical (unpaired) electrons. The Balaban J connectivity index is 2.68. The standard InChI is InChI=1S/C10H15NO4/c1-3-15-10(13)9-7(4-5-11-9)6-8(12)14-2/h6,9,11H,3-5H2,1-2H3. The Kier molecular flexibility index (Phi) is 4.30. The van der Waals surface area contributed by atoms with Gasteiger partial charge in [-0.2, -0.15) is 0 Å². The molecule has 1 aliphatic rings. The quantitative estimate of drug-likeness (QED) is 0.528. The van der Waals surface area contributed by atoms with E-state index in [0.29, 0.717) is 19.6 Å². The predicted molar refractivity (Wildman–Crippen MR) is 53.1 cm³/mol. The lowest BCUT2D eigenvalue weighted by Crippen LogP contribution is -2.33. The third-order valence-electron chi connectivity index (χ3n) is 2.16. The van der Waals surface area contributed by atoms with Crippen LogP contribution in [0.5, 0.6) is 0 Å². The Morgan fingerprint density at radius 3 is 2.93 bits per heavy atom. The van der Waals surface area contributed by atoms with Crippen molar-refractivity contribution >= 4 is 11.9 Å². The number of carbonyl (C=O) groups excluding carboxylic acids is 2. The first-order valence-electron chi connectivity index (χ1n) is 4.87. The lowest BCUT2D eigenvalue weighted by molar-refractivity contribution is -0.144. The van der Waals surface area contributed by atoms with Gasteiger partial charge in [-0.15, -0.1) is 0 Å². The largest absolute Gasteiger partial charge is 0.466 e. The summed E-state index contributed by atoms with van der Waals surface area (Å²) in [6.45, 7) is 2.76. The summed E-state index contributed by atoms with van der Waals surface area (Å²) in [6.07, 6.45) is 2.01. The van der Waals surface area contributed by atoms with Crippen LogP contribution in [-0.4, -0.2) is 38.2 Å². The van der Waals surface area contributed by atoms with Gasteiger partial charge in [0.05, 0.1) is 13.7 Å². The molecule has 1 fully saturated rings. The monoisotopic (exact) mass is 213 g/mol. The summed E-state index contributed by atoms with van der Waals surface area (Å²) >= 11 is 0. The van der Waals surface area contributed by atoms with E-state index in [1.807, 2.05) is 0 Å². The molecule has 1 atom stereocenters. The molecule has 0 aliphatic carbocycles. The molecule has 0 amide bonds. The second-order valence-electron chi connectivity index (χ2n) is 3.13. The van der Waals surface area contributed by atoms with Crippen molar-refractivity contribution in [3.8, 4) is 0 Å². The van der Waals surface area contributed by atoms with Crippen LogP contribution < -0.4 is 5.32 Å². The first-order valence-corrected chi connectivity index (χ1v) is 4.87. The minimum atomic E-state index is -0.496. The van der Waals surface area contributed by atoms with Gasteiger partial charge in [0, 0.05) is 12.6 Å². The smallest absolute Gasteiger partial charge is 0.330 e. The molecule has 1 rings (SSSR count). The highest BCUT2D eigenvalue weighted by Gasteiger charge is 2.28. The summed E-state index contributed by atoms with van der Waals surface area (Å²) in [5.74, 6) is -0.784. The average molecular weight is 213 g/mol. The van der Waals surface area contributed by atoms with E-state index in [9.17, 15) is 9.59 Å². The molecule has 1 saturated heterocycles. The Labute approximate surface area is 88.4 Å². The minimum absolute atomic E-state index is 0.336. The number of hydrogen-bond acceptors (Lipinski definition) is 5. The van der Waals surface area contributed by atoms with Crippen LogP contribution in [0.15, 0.2) is 11.6 Å². The molecular formula is C10H15NO4. The number of ether oxygens (including phenoxy) is 2. The summed E-state index contributed by atoms with van der Waals surface area (Å²) in [5, 5.41) is 2.97. The Morgan fingerprint density at radius 1 is 1.60 bits per heavy atom. The van der Waals surface area contributed by atoms with Crippen LogP contribution in [0.2, 0.25) is 0 Å². The van der Waals surface area contributed by atoms with Crippen LogP contribution >= 0.6 is 0 Å². The number of nitrogens with one attached hydrogen (secondary N) is 1. The number of carbonyl (C=O) groups is 2. The van der Waals surface area contributed by atoms with Gasteiger partial charge in [-0.05, 0) is 18.9 Å². The Hall–Kier alpha value is -1.36. The second-order valence-corrected chi connectivity index (χ2v) is 3.13. The van der Waals surface area contributed by atoms with E-state index in [1.54, 1.807) is 6.92 Å². The summed E-state index contributed by atoms with van der Waals surface area (Å²) < 4.78 is 9.38. The highest BCUT2D eigenvalue weighted by atomic mass is 16.5. The van der Waals surface area contributed by atoms with Crippen LogP contribution in [0.1, 0.15) is 13.3 Å². The van der Waals surface area contributed by atoms with Gasteiger partial charge >= 0.3 is 11.9 Å². The fourth-order valence-corrected chi connectivity index (χ4v) is 1.46. The number of methoxy groups -OCH3 is 1. The first kappa shape index (κ1) is 11.7. The van der Waals surface area contributed by atoms with Crippen LogP contribution in [0.25, 0.3) is 0 Å². The van der Waals surface area contributed by atoms with Crippen LogP contribution in [-0.2, 0) is 19.1 Å². The second kappa shape index (κ2) is 5.50. The van der Waals surface area contributed by atoms with Gasteiger partial charge in [-0.1, -0.05) is 0 Å². The number of hydrogen-bond donors (Lipinski definition) is 1. The highest BCUT2D eigenvalue weighted by molar-refractivity contribution is 5.87. The molecular weight excluding hydrogens is 198 g/mol. The maximum absolute atomic E-state index is 11.4. The lowest BCUT2D eigenvalue weighted by Gasteiger charge is -2.10. The fraction of sp³-hybridized carbons (Fsp3) is 0.600. The molecule has 0 spiro atoms. The van der Waals surface area contributed by atoms with E-state index in [2.05, 4.69) is 10.1 Å². The van der Waals surface area contributed by atoms with Crippen LogP contribution in [0.3, 0.4) is 0 Å². The number of esters is 2. The molecule has 84 valence electrons. The molecule has 0 bridgehead atoms. The molecule has 1 N–H and O–H groups in total.